The third kappa shape index (κ3) is 1.47. The van der Waals surface area contributed by atoms with E-state index < -0.39 is 0 Å². The molecular formula is C9H5FNSe. The first-order chi connectivity index (χ1) is 5.86. The van der Waals surface area contributed by atoms with Gasteiger partial charge in [-0.15, -0.1) is 0 Å². The Morgan fingerprint density at radius 2 is 2.00 bits per heavy atom. The third-order valence-corrected chi connectivity index (χ3v) is 2.66. The van der Waals surface area contributed by atoms with Crippen LogP contribution in [0.3, 0.4) is 0 Å². The number of hydrogen-bond donors (Lipinski definition) is 0. The van der Waals surface area contributed by atoms with Crippen LogP contribution in [0.5, 0.6) is 0 Å². The molecule has 0 bridgehead atoms. The fourth-order valence-electron chi connectivity index (χ4n) is 0.937. The molecule has 0 saturated heterocycles. The Balaban J connectivity index is 2.43. The standard InChI is InChI=1S/C9H5FNSe/c10-8-3-1-7(2-4-8)9-5-12-6-11-9/h1-5H. The van der Waals surface area contributed by atoms with E-state index in [-0.39, 0.29) is 20.3 Å². The number of halogens is 1. The van der Waals surface area contributed by atoms with Crippen LogP contribution in [0.1, 0.15) is 0 Å². The molecule has 0 aliphatic heterocycles. The van der Waals surface area contributed by atoms with E-state index in [0.29, 0.717) is 0 Å². The van der Waals surface area contributed by atoms with E-state index in [1.165, 1.54) is 12.1 Å². The minimum atomic E-state index is -0.212. The molecule has 0 unspecified atom stereocenters. The molecule has 3 heteroatoms. The summed E-state index contributed by atoms with van der Waals surface area (Å²) in [6.07, 6.45) is 0. The van der Waals surface area contributed by atoms with Crippen molar-refractivity contribution in [1.82, 2.24) is 4.98 Å². The van der Waals surface area contributed by atoms with Crippen molar-refractivity contribution < 1.29 is 4.39 Å². The second kappa shape index (κ2) is 3.21. The molecule has 0 aliphatic rings. The van der Waals surface area contributed by atoms with E-state index in [1.807, 2.05) is 4.94 Å². The average molecular weight is 225 g/mol. The number of aromatic nitrogens is 1. The monoisotopic (exact) mass is 226 g/mol. The van der Waals surface area contributed by atoms with Crippen LogP contribution in [0.2, 0.25) is 0 Å². The number of benzene rings is 1. The molecule has 1 heterocycles. The van der Waals surface area contributed by atoms with Crippen molar-refractivity contribution in [2.45, 2.75) is 0 Å². The van der Waals surface area contributed by atoms with Crippen LogP contribution in [0.25, 0.3) is 11.3 Å². The molecule has 1 radical (unpaired) electrons. The first-order valence-corrected chi connectivity index (χ1v) is 5.28. The first-order valence-electron chi connectivity index (χ1n) is 3.44. The van der Waals surface area contributed by atoms with Gasteiger partial charge >= 0.3 is 75.2 Å². The minimum absolute atomic E-state index is 0.212. The summed E-state index contributed by atoms with van der Waals surface area (Å²) in [5, 5.41) is 2.89. The molecule has 2 rings (SSSR count). The quantitative estimate of drug-likeness (QED) is 0.673. The Labute approximate surface area is 75.6 Å². The summed E-state index contributed by atoms with van der Waals surface area (Å²) >= 11 is 0.268. The molecule has 2 aromatic rings. The van der Waals surface area contributed by atoms with Crippen LogP contribution in [0.15, 0.2) is 29.2 Å². The van der Waals surface area contributed by atoms with E-state index in [9.17, 15) is 4.39 Å². The van der Waals surface area contributed by atoms with E-state index in [0.717, 1.165) is 11.3 Å². The molecule has 0 fully saturated rings. The van der Waals surface area contributed by atoms with Crippen LogP contribution < -0.4 is 0 Å². The van der Waals surface area contributed by atoms with Crippen LogP contribution >= 0.6 is 0 Å². The fourth-order valence-corrected chi connectivity index (χ4v) is 2.00. The number of rotatable bonds is 1. The van der Waals surface area contributed by atoms with Crippen molar-refractivity contribution in [1.29, 1.82) is 0 Å². The van der Waals surface area contributed by atoms with E-state index >= 15 is 0 Å². The Kier molecular flexibility index (Phi) is 2.07. The molecule has 0 spiro atoms. The van der Waals surface area contributed by atoms with Gasteiger partial charge < -0.3 is 0 Å². The predicted molar refractivity (Wildman–Crippen MR) is 45.4 cm³/mol. The van der Waals surface area contributed by atoms with Crippen LogP contribution in [0.4, 0.5) is 4.39 Å². The van der Waals surface area contributed by atoms with E-state index in [1.54, 1.807) is 12.1 Å². The van der Waals surface area contributed by atoms with Gasteiger partial charge in [0.2, 0.25) is 0 Å². The van der Waals surface area contributed by atoms with Crippen molar-refractivity contribution in [3.05, 3.63) is 40.1 Å². The molecule has 0 saturated carbocycles. The first kappa shape index (κ1) is 7.71. The summed E-state index contributed by atoms with van der Waals surface area (Å²) in [6.45, 7) is 0. The molecular weight excluding hydrogens is 220 g/mol. The fraction of sp³-hybridized carbons (Fsp3) is 0. The van der Waals surface area contributed by atoms with Gasteiger partial charge in [0.05, 0.1) is 0 Å². The molecule has 1 aromatic heterocycles. The van der Waals surface area contributed by atoms with Crippen molar-refractivity contribution in [3.8, 4) is 11.3 Å². The SMILES string of the molecule is Fc1ccc(-c2c[se][c]n2)cc1. The topological polar surface area (TPSA) is 12.9 Å². The zero-order valence-corrected chi connectivity index (χ0v) is 7.83. The average Bonchev–Trinajstić information content (AvgIpc) is 2.58. The molecule has 0 amide bonds. The predicted octanol–water partition coefficient (Wildman–Crippen LogP) is 1.74. The molecule has 1 nitrogen and oxygen atoms in total. The van der Waals surface area contributed by atoms with Crippen molar-refractivity contribution in [2.24, 2.45) is 0 Å². The second-order valence-electron chi connectivity index (χ2n) is 2.33. The molecule has 0 aliphatic carbocycles. The number of nitrogens with zero attached hydrogens (tertiary/aromatic N) is 1. The Bertz CT molecular complexity index is 353. The molecule has 0 N–H and O–H groups in total. The molecule has 12 heavy (non-hydrogen) atoms. The Morgan fingerprint density at radius 3 is 2.58 bits per heavy atom. The van der Waals surface area contributed by atoms with Gasteiger partial charge in [-0.1, -0.05) is 0 Å². The van der Waals surface area contributed by atoms with Crippen LogP contribution in [-0.4, -0.2) is 19.5 Å². The van der Waals surface area contributed by atoms with Crippen LogP contribution in [0, 0.1) is 10.9 Å². The molecule has 1 aromatic carbocycles. The van der Waals surface area contributed by atoms with Crippen LogP contribution in [-0.2, 0) is 0 Å². The van der Waals surface area contributed by atoms with Gasteiger partial charge in [0.25, 0.3) is 0 Å². The summed E-state index contributed by atoms with van der Waals surface area (Å²) in [5.41, 5.74) is 1.87. The maximum atomic E-state index is 12.5. The zero-order valence-electron chi connectivity index (χ0n) is 6.12. The summed E-state index contributed by atoms with van der Waals surface area (Å²) < 4.78 is 12.5. The van der Waals surface area contributed by atoms with Gasteiger partial charge in [-0.2, -0.15) is 0 Å². The number of hydrogen-bond acceptors (Lipinski definition) is 1. The van der Waals surface area contributed by atoms with Gasteiger partial charge in [-0.05, 0) is 0 Å². The Hall–Kier alpha value is -0.921. The summed E-state index contributed by atoms with van der Waals surface area (Å²) in [7, 11) is 0. The van der Waals surface area contributed by atoms with Gasteiger partial charge in [-0.3, -0.25) is 0 Å². The Morgan fingerprint density at radius 1 is 1.25 bits per heavy atom. The maximum absolute atomic E-state index is 12.5. The van der Waals surface area contributed by atoms with Gasteiger partial charge in [0.1, 0.15) is 0 Å². The zero-order chi connectivity index (χ0) is 8.39. The van der Waals surface area contributed by atoms with Gasteiger partial charge in [0.15, 0.2) is 0 Å². The summed E-state index contributed by atoms with van der Waals surface area (Å²) in [4.78, 5) is 6.08. The van der Waals surface area contributed by atoms with Gasteiger partial charge in [-0.25, -0.2) is 0 Å². The summed E-state index contributed by atoms with van der Waals surface area (Å²) in [6, 6.07) is 6.34. The van der Waals surface area contributed by atoms with Crippen molar-refractivity contribution in [2.75, 3.05) is 0 Å². The summed E-state index contributed by atoms with van der Waals surface area (Å²) in [5.74, 6) is -0.212. The molecule has 59 valence electrons. The normalized spacial score (nSPS) is 10.1. The van der Waals surface area contributed by atoms with Gasteiger partial charge in [0, 0.05) is 0 Å². The second-order valence-corrected chi connectivity index (χ2v) is 3.70. The third-order valence-electron chi connectivity index (χ3n) is 1.53. The van der Waals surface area contributed by atoms with E-state index in [2.05, 4.69) is 10.1 Å². The van der Waals surface area contributed by atoms with E-state index in [4.69, 9.17) is 0 Å². The van der Waals surface area contributed by atoms with Crippen molar-refractivity contribution in [3.63, 3.8) is 0 Å². The molecule has 0 atom stereocenters. The van der Waals surface area contributed by atoms with Crippen molar-refractivity contribution >= 4 is 14.5 Å².